The summed E-state index contributed by atoms with van der Waals surface area (Å²) in [5, 5.41) is 30.1. The molecule has 0 spiro atoms. The number of thiazole rings is 1. The lowest BCUT2D eigenvalue weighted by atomic mass is 9.98. The molecule has 1 saturated heterocycles. The summed E-state index contributed by atoms with van der Waals surface area (Å²) in [7, 11) is -5.00. The van der Waals surface area contributed by atoms with Crippen LogP contribution in [-0.2, 0) is 42.6 Å². The van der Waals surface area contributed by atoms with E-state index in [1.165, 1.54) is 23.9 Å². The van der Waals surface area contributed by atoms with Crippen molar-refractivity contribution in [3.63, 3.8) is 0 Å². The fraction of sp³-hybridized carbons (Fsp3) is 0.412. The van der Waals surface area contributed by atoms with E-state index in [1.54, 1.807) is 0 Å². The molecule has 0 bridgehead atoms. The number of β-lactam (4-membered cyclic amide) rings is 1. The SMILES string of the molecule is CC(C)(O/N=C(\C(=O)NC1C(=O)N(S(=O)(=O)O)C1Cn1ncnc1CNC=N)c1csc(N)n1)C(=O)O. The Morgan fingerprint density at radius 2 is 2.14 bits per heavy atom. The molecule has 3 rings (SSSR count). The number of aromatic nitrogens is 4. The lowest BCUT2D eigenvalue weighted by molar-refractivity contribution is -0.161. The molecule has 1 aliphatic heterocycles. The molecule has 37 heavy (non-hydrogen) atoms. The van der Waals surface area contributed by atoms with E-state index in [0.29, 0.717) is 0 Å². The van der Waals surface area contributed by atoms with Crippen LogP contribution in [0, 0.1) is 5.41 Å². The van der Waals surface area contributed by atoms with Gasteiger partial charge in [0.1, 0.15) is 23.9 Å². The quantitative estimate of drug-likeness (QED) is 0.0531. The molecule has 1 aliphatic rings. The minimum absolute atomic E-state index is 0.0474. The number of nitrogen functional groups attached to an aromatic ring is 1. The Kier molecular flexibility index (Phi) is 7.74. The minimum atomic E-state index is -5.00. The molecule has 0 radical (unpaired) electrons. The van der Waals surface area contributed by atoms with E-state index in [1.807, 2.05) is 0 Å². The third kappa shape index (κ3) is 5.98. The van der Waals surface area contributed by atoms with Crippen molar-refractivity contribution in [3.05, 3.63) is 23.2 Å². The fourth-order valence-corrected chi connectivity index (χ4v) is 4.47. The molecule has 18 nitrogen and oxygen atoms in total. The van der Waals surface area contributed by atoms with Crippen molar-refractivity contribution in [3.8, 4) is 0 Å². The van der Waals surface area contributed by atoms with E-state index in [0.717, 1.165) is 24.0 Å². The summed E-state index contributed by atoms with van der Waals surface area (Å²) in [6.45, 7) is 2.10. The average Bonchev–Trinajstić information content (AvgIpc) is 3.43. The molecule has 2 unspecified atom stereocenters. The highest BCUT2D eigenvalue weighted by Crippen LogP contribution is 2.26. The Morgan fingerprint density at radius 3 is 2.70 bits per heavy atom. The number of carbonyl (C=O) groups excluding carboxylic acids is 2. The summed E-state index contributed by atoms with van der Waals surface area (Å²) < 4.78 is 34.6. The van der Waals surface area contributed by atoms with Crippen LogP contribution < -0.4 is 16.4 Å². The topological polar surface area (TPSA) is 268 Å². The Balaban J connectivity index is 1.90. The van der Waals surface area contributed by atoms with Gasteiger partial charge in [-0.2, -0.15) is 13.5 Å². The number of hydrogen-bond donors (Lipinski definition) is 6. The maximum Gasteiger partial charge on any atom is 0.362 e. The highest BCUT2D eigenvalue weighted by atomic mass is 32.2. The first-order chi connectivity index (χ1) is 17.3. The van der Waals surface area contributed by atoms with Crippen LogP contribution in [0.1, 0.15) is 25.4 Å². The number of carboxylic acids is 1. The number of oxime groups is 1. The molecule has 0 saturated carbocycles. The minimum Gasteiger partial charge on any atom is -0.478 e. The van der Waals surface area contributed by atoms with Crippen molar-refractivity contribution in [2.24, 2.45) is 5.16 Å². The van der Waals surface area contributed by atoms with Gasteiger partial charge in [0, 0.05) is 5.38 Å². The first kappa shape index (κ1) is 27.4. The van der Waals surface area contributed by atoms with Gasteiger partial charge in [0.25, 0.3) is 11.8 Å². The van der Waals surface area contributed by atoms with Crippen LogP contribution in [-0.4, -0.2) is 89.6 Å². The van der Waals surface area contributed by atoms with E-state index in [-0.39, 0.29) is 34.0 Å². The van der Waals surface area contributed by atoms with Crippen molar-refractivity contribution < 1.29 is 37.3 Å². The van der Waals surface area contributed by atoms with Crippen LogP contribution in [0.4, 0.5) is 5.13 Å². The second kappa shape index (κ2) is 10.4. The number of amides is 2. The Hall–Kier alpha value is -4.17. The zero-order chi connectivity index (χ0) is 27.5. The van der Waals surface area contributed by atoms with E-state index >= 15 is 0 Å². The first-order valence-electron chi connectivity index (χ1n) is 10.2. The van der Waals surface area contributed by atoms with Crippen LogP contribution in [0.25, 0.3) is 0 Å². The predicted octanol–water partition coefficient (Wildman–Crippen LogP) is -2.20. The van der Waals surface area contributed by atoms with Gasteiger partial charge >= 0.3 is 16.3 Å². The van der Waals surface area contributed by atoms with E-state index < -0.39 is 51.5 Å². The smallest absolute Gasteiger partial charge is 0.362 e. The monoisotopic (exact) mass is 558 g/mol. The van der Waals surface area contributed by atoms with Crippen molar-refractivity contribution >= 4 is 56.6 Å². The maximum atomic E-state index is 13.1. The van der Waals surface area contributed by atoms with Crippen LogP contribution in [0.5, 0.6) is 0 Å². The van der Waals surface area contributed by atoms with Gasteiger partial charge in [0.15, 0.2) is 10.8 Å². The standard InChI is InChI=1S/C17H22N10O8S2/c1-17(2,15(30)31)35-25-11(8-5-36-16(19)23-8)13(28)24-12-9(27(14(12)29)37(32,33)34)4-26-10(3-20-6-18)21-7-22-26/h5-7,9,12H,3-4H2,1-2H3,(H2,18,20)(H2,19,23)(H,24,28)(H,30,31)(H,32,33,34)/b25-11-. The van der Waals surface area contributed by atoms with Gasteiger partial charge in [-0.05, 0) is 13.8 Å². The van der Waals surface area contributed by atoms with Crippen LogP contribution in [0.2, 0.25) is 0 Å². The number of nitrogens with one attached hydrogen (secondary N) is 3. The second-order valence-corrected chi connectivity index (χ2v) is 10.1. The van der Waals surface area contributed by atoms with Crippen LogP contribution in [0.3, 0.4) is 0 Å². The summed E-state index contributed by atoms with van der Waals surface area (Å²) in [6.07, 6.45) is 2.06. The molecule has 7 N–H and O–H groups in total. The zero-order valence-corrected chi connectivity index (χ0v) is 20.9. The van der Waals surface area contributed by atoms with Gasteiger partial charge in [0.2, 0.25) is 5.60 Å². The number of nitrogens with zero attached hydrogens (tertiary/aromatic N) is 6. The highest BCUT2D eigenvalue weighted by Gasteiger charge is 2.54. The molecule has 2 aromatic rings. The van der Waals surface area contributed by atoms with Gasteiger partial charge in [-0.1, -0.05) is 5.16 Å². The summed E-state index contributed by atoms with van der Waals surface area (Å²) in [5.41, 5.74) is 3.16. The number of anilines is 1. The molecular formula is C17H22N10O8S2. The van der Waals surface area contributed by atoms with Gasteiger partial charge < -0.3 is 26.3 Å². The number of rotatable bonds is 12. The normalized spacial score (nSPS) is 18.2. The lowest BCUT2D eigenvalue weighted by Crippen LogP contribution is -2.73. The molecule has 0 aromatic carbocycles. The number of nitrogens with two attached hydrogens (primary N) is 1. The summed E-state index contributed by atoms with van der Waals surface area (Å²) in [6, 6.07) is -2.80. The zero-order valence-electron chi connectivity index (χ0n) is 19.2. The summed E-state index contributed by atoms with van der Waals surface area (Å²) in [5.74, 6) is -3.32. The average molecular weight is 559 g/mol. The molecule has 1 fully saturated rings. The fourth-order valence-electron chi connectivity index (χ4n) is 3.05. The van der Waals surface area contributed by atoms with Gasteiger partial charge in [-0.3, -0.25) is 19.6 Å². The Labute approximate surface area is 212 Å². The highest BCUT2D eigenvalue weighted by molar-refractivity contribution is 7.84. The number of hydrogen-bond acceptors (Lipinski definition) is 13. The molecule has 0 aliphatic carbocycles. The van der Waals surface area contributed by atoms with Crippen LogP contribution >= 0.6 is 11.3 Å². The van der Waals surface area contributed by atoms with Crippen molar-refractivity contribution in [1.82, 2.24) is 34.7 Å². The predicted molar refractivity (Wildman–Crippen MR) is 126 cm³/mol. The first-order valence-corrected chi connectivity index (χ1v) is 12.5. The van der Waals surface area contributed by atoms with E-state index in [4.69, 9.17) is 16.0 Å². The maximum absolute atomic E-state index is 13.1. The lowest BCUT2D eigenvalue weighted by Gasteiger charge is -2.44. The van der Waals surface area contributed by atoms with Crippen molar-refractivity contribution in [2.75, 3.05) is 5.73 Å². The molecule has 20 heteroatoms. The Morgan fingerprint density at radius 1 is 1.43 bits per heavy atom. The van der Waals surface area contributed by atoms with Gasteiger partial charge in [-0.15, -0.1) is 11.3 Å². The third-order valence-corrected chi connectivity index (χ3v) is 6.60. The number of carboxylic acid groups (broad SMARTS) is 1. The van der Waals surface area contributed by atoms with E-state index in [2.05, 4.69) is 30.9 Å². The van der Waals surface area contributed by atoms with Gasteiger partial charge in [0.05, 0.1) is 25.5 Å². The second-order valence-electron chi connectivity index (χ2n) is 7.93. The molecule has 2 aromatic heterocycles. The largest absolute Gasteiger partial charge is 0.478 e. The third-order valence-electron chi connectivity index (χ3n) is 4.98. The molecule has 2 atom stereocenters. The van der Waals surface area contributed by atoms with Crippen LogP contribution in [0.15, 0.2) is 16.9 Å². The van der Waals surface area contributed by atoms with Crippen molar-refractivity contribution in [1.29, 1.82) is 5.41 Å². The molecule has 200 valence electrons. The summed E-state index contributed by atoms with van der Waals surface area (Å²) in [4.78, 5) is 50.0. The Bertz CT molecular complexity index is 1350. The van der Waals surface area contributed by atoms with Crippen molar-refractivity contribution in [2.45, 2.75) is 44.6 Å². The number of aliphatic carboxylic acids is 1. The number of carbonyl (C=O) groups is 3. The van der Waals surface area contributed by atoms with E-state index in [9.17, 15) is 32.5 Å². The molecule has 3 heterocycles. The molecule has 2 amide bonds. The van der Waals surface area contributed by atoms with Gasteiger partial charge in [-0.25, -0.2) is 23.7 Å². The summed E-state index contributed by atoms with van der Waals surface area (Å²) >= 11 is 0.950. The molecular weight excluding hydrogens is 536 g/mol.